The van der Waals surface area contributed by atoms with Gasteiger partial charge >= 0.3 is 0 Å². The molecule has 2 aromatic rings. The fourth-order valence-corrected chi connectivity index (χ4v) is 2.41. The number of anilines is 3. The Morgan fingerprint density at radius 2 is 1.53 bits per heavy atom. The molecule has 2 aromatic carbocycles. The maximum atomic E-state index is 6.14. The van der Waals surface area contributed by atoms with Gasteiger partial charge in [0, 0.05) is 11.4 Å². The van der Waals surface area contributed by atoms with Crippen LogP contribution in [0.4, 0.5) is 17.1 Å². The van der Waals surface area contributed by atoms with E-state index in [0.29, 0.717) is 27.3 Å². The molecule has 0 atom stereocenters. The predicted molar refractivity (Wildman–Crippen MR) is 84.7 cm³/mol. The Hall–Kier alpha value is -1.38. The number of nitrogens with one attached hydrogen (secondary N) is 1. The molecule has 100 valence electrons. The van der Waals surface area contributed by atoms with Gasteiger partial charge in [0.05, 0.1) is 15.7 Å². The van der Waals surface area contributed by atoms with Crippen molar-refractivity contribution in [2.45, 2.75) is 19.8 Å². The van der Waals surface area contributed by atoms with Crippen molar-refractivity contribution in [3.05, 3.63) is 52.0 Å². The Morgan fingerprint density at radius 3 is 2.00 bits per heavy atom. The molecule has 0 radical (unpaired) electrons. The third kappa shape index (κ3) is 3.34. The molecule has 0 saturated carbocycles. The van der Waals surface area contributed by atoms with E-state index in [2.05, 4.69) is 31.3 Å². The van der Waals surface area contributed by atoms with Crippen LogP contribution in [0.2, 0.25) is 10.0 Å². The topological polar surface area (TPSA) is 38.0 Å². The van der Waals surface area contributed by atoms with Gasteiger partial charge in [-0.2, -0.15) is 0 Å². The van der Waals surface area contributed by atoms with Crippen LogP contribution in [0, 0.1) is 0 Å². The van der Waals surface area contributed by atoms with Crippen LogP contribution in [0.5, 0.6) is 0 Å². The second-order valence-corrected chi connectivity index (χ2v) is 5.58. The van der Waals surface area contributed by atoms with E-state index in [4.69, 9.17) is 28.9 Å². The van der Waals surface area contributed by atoms with Crippen molar-refractivity contribution >= 4 is 40.3 Å². The van der Waals surface area contributed by atoms with E-state index in [-0.39, 0.29) is 0 Å². The lowest BCUT2D eigenvalue weighted by molar-refractivity contribution is 0.867. The van der Waals surface area contributed by atoms with Gasteiger partial charge in [-0.15, -0.1) is 0 Å². The van der Waals surface area contributed by atoms with Crippen molar-refractivity contribution < 1.29 is 0 Å². The molecule has 0 saturated heterocycles. The molecule has 2 nitrogen and oxygen atoms in total. The molecule has 0 aromatic heterocycles. The molecular weight excluding hydrogens is 279 g/mol. The van der Waals surface area contributed by atoms with Crippen LogP contribution in [-0.2, 0) is 0 Å². The van der Waals surface area contributed by atoms with Gasteiger partial charge in [0.15, 0.2) is 0 Å². The zero-order valence-corrected chi connectivity index (χ0v) is 12.4. The first-order chi connectivity index (χ1) is 8.97. The van der Waals surface area contributed by atoms with E-state index in [1.165, 1.54) is 5.56 Å². The van der Waals surface area contributed by atoms with Crippen LogP contribution >= 0.6 is 23.2 Å². The summed E-state index contributed by atoms with van der Waals surface area (Å²) >= 11 is 12.3. The summed E-state index contributed by atoms with van der Waals surface area (Å²) in [5, 5.41) is 4.24. The summed E-state index contributed by atoms with van der Waals surface area (Å²) in [5.41, 5.74) is 9.14. The summed E-state index contributed by atoms with van der Waals surface area (Å²) in [6.07, 6.45) is 0. The van der Waals surface area contributed by atoms with Crippen LogP contribution in [0.1, 0.15) is 25.3 Å². The molecule has 2 rings (SSSR count). The SMILES string of the molecule is CC(C)c1ccc(Nc2c(Cl)cc(N)cc2Cl)cc1. The number of benzene rings is 2. The molecule has 0 amide bonds. The van der Waals surface area contributed by atoms with Crippen molar-refractivity contribution in [2.75, 3.05) is 11.1 Å². The number of hydrogen-bond donors (Lipinski definition) is 2. The molecule has 0 unspecified atom stereocenters. The molecule has 0 aliphatic rings. The first kappa shape index (κ1) is 14.0. The van der Waals surface area contributed by atoms with Gasteiger partial charge in [0.2, 0.25) is 0 Å². The monoisotopic (exact) mass is 294 g/mol. The van der Waals surface area contributed by atoms with Crippen molar-refractivity contribution in [2.24, 2.45) is 0 Å². The Labute approximate surface area is 123 Å². The lowest BCUT2D eigenvalue weighted by Gasteiger charge is -2.12. The first-order valence-corrected chi connectivity index (χ1v) is 6.84. The smallest absolute Gasteiger partial charge is 0.0764 e. The lowest BCUT2D eigenvalue weighted by atomic mass is 10.0. The van der Waals surface area contributed by atoms with E-state index < -0.39 is 0 Å². The highest BCUT2D eigenvalue weighted by molar-refractivity contribution is 6.39. The molecule has 0 heterocycles. The minimum absolute atomic E-state index is 0.512. The number of rotatable bonds is 3. The highest BCUT2D eigenvalue weighted by atomic mass is 35.5. The van der Waals surface area contributed by atoms with Crippen molar-refractivity contribution in [1.29, 1.82) is 0 Å². The quantitative estimate of drug-likeness (QED) is 0.740. The number of halogens is 2. The second-order valence-electron chi connectivity index (χ2n) is 4.76. The standard InChI is InChI=1S/C15H16Cl2N2/c1-9(2)10-3-5-12(6-4-10)19-15-13(16)7-11(18)8-14(15)17/h3-9,19H,18H2,1-2H3. The van der Waals surface area contributed by atoms with Crippen molar-refractivity contribution in [1.82, 2.24) is 0 Å². The summed E-state index contributed by atoms with van der Waals surface area (Å²) < 4.78 is 0. The van der Waals surface area contributed by atoms with E-state index in [9.17, 15) is 0 Å². The fraction of sp³-hybridized carbons (Fsp3) is 0.200. The van der Waals surface area contributed by atoms with Gasteiger partial charge in [-0.1, -0.05) is 49.2 Å². The third-order valence-corrected chi connectivity index (χ3v) is 3.51. The lowest BCUT2D eigenvalue weighted by Crippen LogP contribution is -1.95. The van der Waals surface area contributed by atoms with Crippen molar-refractivity contribution in [3.8, 4) is 0 Å². The Kier molecular flexibility index (Phi) is 4.23. The summed E-state index contributed by atoms with van der Waals surface area (Å²) in [4.78, 5) is 0. The van der Waals surface area contributed by atoms with Crippen LogP contribution in [0.25, 0.3) is 0 Å². The molecule has 0 bridgehead atoms. The highest BCUT2D eigenvalue weighted by Gasteiger charge is 2.08. The number of nitrogens with two attached hydrogens (primary N) is 1. The largest absolute Gasteiger partial charge is 0.399 e. The number of nitrogen functional groups attached to an aromatic ring is 1. The van der Waals surface area contributed by atoms with Crippen LogP contribution in [0.3, 0.4) is 0 Å². The van der Waals surface area contributed by atoms with E-state index in [0.717, 1.165) is 5.69 Å². The van der Waals surface area contributed by atoms with Crippen LogP contribution < -0.4 is 11.1 Å². The minimum atomic E-state index is 0.512. The zero-order chi connectivity index (χ0) is 14.0. The molecule has 0 aliphatic heterocycles. The van der Waals surface area contributed by atoms with Gasteiger partial charge in [0.1, 0.15) is 0 Å². The predicted octanol–water partition coefficient (Wildman–Crippen LogP) is 5.44. The normalized spacial score (nSPS) is 10.8. The van der Waals surface area contributed by atoms with Gasteiger partial charge in [-0.25, -0.2) is 0 Å². The van der Waals surface area contributed by atoms with Gasteiger partial charge in [-0.05, 0) is 35.7 Å². The minimum Gasteiger partial charge on any atom is -0.399 e. The second kappa shape index (κ2) is 5.72. The van der Waals surface area contributed by atoms with Crippen LogP contribution in [-0.4, -0.2) is 0 Å². The first-order valence-electron chi connectivity index (χ1n) is 6.09. The summed E-state index contributed by atoms with van der Waals surface area (Å²) in [6, 6.07) is 11.6. The molecule has 3 N–H and O–H groups in total. The summed E-state index contributed by atoms with van der Waals surface area (Å²) in [7, 11) is 0. The van der Waals surface area contributed by atoms with E-state index in [1.54, 1.807) is 12.1 Å². The zero-order valence-electron chi connectivity index (χ0n) is 10.9. The molecule has 0 fully saturated rings. The third-order valence-electron chi connectivity index (χ3n) is 2.91. The molecule has 4 heteroatoms. The van der Waals surface area contributed by atoms with Gasteiger partial charge in [-0.3, -0.25) is 0 Å². The van der Waals surface area contributed by atoms with E-state index >= 15 is 0 Å². The van der Waals surface area contributed by atoms with Crippen LogP contribution in [0.15, 0.2) is 36.4 Å². The summed E-state index contributed by atoms with van der Waals surface area (Å²) in [6.45, 7) is 4.33. The van der Waals surface area contributed by atoms with Crippen molar-refractivity contribution in [3.63, 3.8) is 0 Å². The Bertz CT molecular complexity index is 554. The maximum Gasteiger partial charge on any atom is 0.0764 e. The molecular formula is C15H16Cl2N2. The molecule has 0 aliphatic carbocycles. The summed E-state index contributed by atoms with van der Waals surface area (Å²) in [5.74, 6) is 0.512. The molecule has 19 heavy (non-hydrogen) atoms. The molecule has 0 spiro atoms. The van der Waals surface area contributed by atoms with Gasteiger partial charge in [0.25, 0.3) is 0 Å². The fourth-order valence-electron chi connectivity index (χ4n) is 1.81. The number of hydrogen-bond acceptors (Lipinski definition) is 2. The average molecular weight is 295 g/mol. The average Bonchev–Trinajstić information content (AvgIpc) is 2.34. The van der Waals surface area contributed by atoms with Gasteiger partial charge < -0.3 is 11.1 Å². The Morgan fingerprint density at radius 1 is 1.00 bits per heavy atom. The maximum absolute atomic E-state index is 6.14. The van der Waals surface area contributed by atoms with E-state index in [1.807, 2.05) is 12.1 Å². The highest BCUT2D eigenvalue weighted by Crippen LogP contribution is 2.35. The Balaban J connectivity index is 2.26.